The summed E-state index contributed by atoms with van der Waals surface area (Å²) in [7, 11) is 0. The number of rotatable bonds is 7. The van der Waals surface area contributed by atoms with E-state index in [1.165, 1.54) is 18.2 Å². The summed E-state index contributed by atoms with van der Waals surface area (Å²) in [5.41, 5.74) is 0.937. The lowest BCUT2D eigenvalue weighted by atomic mass is 10.1. The van der Waals surface area contributed by atoms with Crippen molar-refractivity contribution in [2.45, 2.75) is 6.61 Å². The number of benzene rings is 3. The quantitative estimate of drug-likeness (QED) is 0.233. The van der Waals surface area contributed by atoms with Gasteiger partial charge in [0.05, 0.1) is 4.92 Å². The first-order chi connectivity index (χ1) is 15.0. The molecule has 3 aromatic carbocycles. The normalized spacial score (nSPS) is 10.8. The number of hydrogen-bond donors (Lipinski definition) is 1. The van der Waals surface area contributed by atoms with Crippen LogP contribution in [0.25, 0.3) is 6.08 Å². The van der Waals surface area contributed by atoms with Crippen LogP contribution in [-0.2, 0) is 11.4 Å². The van der Waals surface area contributed by atoms with Gasteiger partial charge < -0.3 is 10.1 Å². The molecule has 0 bridgehead atoms. The fourth-order valence-corrected chi connectivity index (χ4v) is 2.87. The average molecular weight is 434 g/mol. The molecule has 3 rings (SSSR count). The van der Waals surface area contributed by atoms with Gasteiger partial charge in [0.15, 0.2) is 0 Å². The molecule has 0 radical (unpaired) electrons. The van der Waals surface area contributed by atoms with Crippen LogP contribution in [0.5, 0.6) is 5.75 Å². The lowest BCUT2D eigenvalue weighted by molar-refractivity contribution is -0.383. The van der Waals surface area contributed by atoms with E-state index in [9.17, 15) is 20.2 Å². The number of ether oxygens (including phenoxy) is 1. The van der Waals surface area contributed by atoms with Gasteiger partial charge >= 0.3 is 0 Å². The summed E-state index contributed by atoms with van der Waals surface area (Å²) >= 11 is 5.78. The predicted molar refractivity (Wildman–Crippen MR) is 118 cm³/mol. The van der Waals surface area contributed by atoms with Gasteiger partial charge in [0.1, 0.15) is 29.7 Å². The Balaban J connectivity index is 1.76. The lowest BCUT2D eigenvalue weighted by Gasteiger charge is -2.08. The van der Waals surface area contributed by atoms with E-state index in [1.807, 2.05) is 36.4 Å². The van der Waals surface area contributed by atoms with Gasteiger partial charge in [-0.25, -0.2) is 0 Å². The van der Waals surface area contributed by atoms with Crippen molar-refractivity contribution in [2.75, 3.05) is 5.32 Å². The lowest BCUT2D eigenvalue weighted by Crippen LogP contribution is -2.14. The van der Waals surface area contributed by atoms with E-state index in [0.717, 1.165) is 11.6 Å². The van der Waals surface area contributed by atoms with Gasteiger partial charge in [-0.3, -0.25) is 14.9 Å². The fraction of sp³-hybridized carbons (Fsp3) is 0.0435. The molecule has 0 saturated carbocycles. The van der Waals surface area contributed by atoms with E-state index in [1.54, 1.807) is 24.3 Å². The first kappa shape index (κ1) is 21.6. The molecule has 0 fully saturated rings. The molecule has 3 aromatic rings. The van der Waals surface area contributed by atoms with E-state index >= 15 is 0 Å². The van der Waals surface area contributed by atoms with Crippen LogP contribution < -0.4 is 10.1 Å². The van der Waals surface area contributed by atoms with Crippen LogP contribution in [-0.4, -0.2) is 10.8 Å². The largest absolute Gasteiger partial charge is 0.489 e. The van der Waals surface area contributed by atoms with Gasteiger partial charge in [-0.2, -0.15) is 5.26 Å². The molecular formula is C23H16ClN3O4. The van der Waals surface area contributed by atoms with Gasteiger partial charge in [0.25, 0.3) is 11.6 Å². The van der Waals surface area contributed by atoms with E-state index in [0.29, 0.717) is 17.9 Å². The number of nitro groups is 1. The number of carbonyl (C=O) groups excluding carboxylic acids is 1. The number of nitrogens with one attached hydrogen (secondary N) is 1. The molecule has 0 aromatic heterocycles. The zero-order valence-corrected chi connectivity index (χ0v) is 16.9. The SMILES string of the molecule is N#C/C(=C\c1cccc(OCc2ccccc2)c1)C(=O)Nc1ccc(Cl)cc1[N+](=O)[O-]. The maximum absolute atomic E-state index is 12.5. The van der Waals surface area contributed by atoms with Crippen molar-refractivity contribution in [3.8, 4) is 11.8 Å². The topological polar surface area (TPSA) is 105 Å². The van der Waals surface area contributed by atoms with Gasteiger partial charge in [0, 0.05) is 11.1 Å². The minimum atomic E-state index is -0.775. The molecule has 8 heteroatoms. The zero-order valence-electron chi connectivity index (χ0n) is 16.1. The van der Waals surface area contributed by atoms with Crippen LogP contribution in [0.4, 0.5) is 11.4 Å². The van der Waals surface area contributed by atoms with Crippen LogP contribution in [0.1, 0.15) is 11.1 Å². The Morgan fingerprint density at radius 2 is 1.90 bits per heavy atom. The smallest absolute Gasteiger partial charge is 0.294 e. The van der Waals surface area contributed by atoms with E-state index in [2.05, 4.69) is 5.32 Å². The van der Waals surface area contributed by atoms with E-state index < -0.39 is 10.8 Å². The van der Waals surface area contributed by atoms with Crippen molar-refractivity contribution < 1.29 is 14.5 Å². The van der Waals surface area contributed by atoms with E-state index in [-0.39, 0.29) is 22.0 Å². The Hall–Kier alpha value is -4.15. The number of nitro benzene ring substituents is 1. The molecule has 0 atom stereocenters. The standard InChI is InChI=1S/C23H16ClN3O4/c24-19-9-10-21(22(13-19)27(29)30)26-23(28)18(14-25)11-17-7-4-8-20(12-17)31-15-16-5-2-1-3-6-16/h1-13H,15H2,(H,26,28)/b18-11+. The summed E-state index contributed by atoms with van der Waals surface area (Å²) in [6, 6.07) is 22.2. The Labute approximate surface area is 183 Å². The highest BCUT2D eigenvalue weighted by Crippen LogP contribution is 2.28. The number of nitrogens with zero attached hydrogens (tertiary/aromatic N) is 2. The third kappa shape index (κ3) is 5.92. The minimum absolute atomic E-state index is 0.0551. The fourth-order valence-electron chi connectivity index (χ4n) is 2.70. The van der Waals surface area contributed by atoms with Gasteiger partial charge in [-0.05, 0) is 41.5 Å². The number of amides is 1. The van der Waals surface area contributed by atoms with E-state index in [4.69, 9.17) is 16.3 Å². The molecule has 31 heavy (non-hydrogen) atoms. The maximum Gasteiger partial charge on any atom is 0.294 e. The first-order valence-electron chi connectivity index (χ1n) is 9.10. The monoisotopic (exact) mass is 433 g/mol. The molecule has 1 amide bonds. The minimum Gasteiger partial charge on any atom is -0.489 e. The molecule has 7 nitrogen and oxygen atoms in total. The van der Waals surface area contributed by atoms with Crippen LogP contribution in [0, 0.1) is 21.4 Å². The molecule has 0 heterocycles. The van der Waals surface area contributed by atoms with Crippen LogP contribution in [0.2, 0.25) is 5.02 Å². The molecule has 0 unspecified atom stereocenters. The third-order valence-electron chi connectivity index (χ3n) is 4.19. The van der Waals surface area contributed by atoms with Crippen molar-refractivity contribution >= 4 is 35.0 Å². The van der Waals surface area contributed by atoms with Crippen molar-refractivity contribution in [3.63, 3.8) is 0 Å². The second-order valence-corrected chi connectivity index (χ2v) is 6.83. The molecule has 0 spiro atoms. The summed E-state index contributed by atoms with van der Waals surface area (Å²) in [6.07, 6.45) is 1.38. The second-order valence-electron chi connectivity index (χ2n) is 6.39. The number of halogens is 1. The third-order valence-corrected chi connectivity index (χ3v) is 4.42. The highest BCUT2D eigenvalue weighted by molar-refractivity contribution is 6.31. The van der Waals surface area contributed by atoms with Crippen LogP contribution in [0.15, 0.2) is 78.4 Å². The zero-order chi connectivity index (χ0) is 22.2. The highest BCUT2D eigenvalue weighted by Gasteiger charge is 2.18. The molecule has 1 N–H and O–H groups in total. The van der Waals surface area contributed by atoms with Crippen molar-refractivity contribution in [2.24, 2.45) is 0 Å². The van der Waals surface area contributed by atoms with Gasteiger partial charge in [-0.15, -0.1) is 0 Å². The van der Waals surface area contributed by atoms with Gasteiger partial charge in [-0.1, -0.05) is 54.1 Å². The summed E-state index contributed by atoms with van der Waals surface area (Å²) < 4.78 is 5.76. The number of anilines is 1. The summed E-state index contributed by atoms with van der Waals surface area (Å²) in [5, 5.41) is 23.2. The molecule has 0 aliphatic carbocycles. The summed E-state index contributed by atoms with van der Waals surface area (Å²) in [6.45, 7) is 0.375. The van der Waals surface area contributed by atoms with Crippen molar-refractivity contribution in [1.29, 1.82) is 5.26 Å². The Bertz CT molecular complexity index is 1190. The predicted octanol–water partition coefficient (Wildman–Crippen LogP) is 5.37. The average Bonchev–Trinajstić information content (AvgIpc) is 2.78. The maximum atomic E-state index is 12.5. The Kier molecular flexibility index (Phi) is 6.99. The molecule has 154 valence electrons. The molecular weight excluding hydrogens is 418 g/mol. The Morgan fingerprint density at radius 3 is 2.61 bits per heavy atom. The second kappa shape index (κ2) is 10.1. The molecule has 0 saturated heterocycles. The number of nitriles is 1. The number of carbonyl (C=O) groups is 1. The van der Waals surface area contributed by atoms with Crippen molar-refractivity contribution in [1.82, 2.24) is 0 Å². The first-order valence-corrected chi connectivity index (χ1v) is 9.48. The number of hydrogen-bond acceptors (Lipinski definition) is 5. The van der Waals surface area contributed by atoms with Gasteiger partial charge in [0.2, 0.25) is 0 Å². The Morgan fingerprint density at radius 1 is 1.13 bits per heavy atom. The van der Waals surface area contributed by atoms with Crippen molar-refractivity contribution in [3.05, 3.63) is 105 Å². The summed E-state index contributed by atoms with van der Waals surface area (Å²) in [4.78, 5) is 23.0. The summed E-state index contributed by atoms with van der Waals surface area (Å²) in [5.74, 6) is -0.202. The highest BCUT2D eigenvalue weighted by atomic mass is 35.5. The van der Waals surface area contributed by atoms with Crippen LogP contribution in [0.3, 0.4) is 0 Å². The molecule has 0 aliphatic rings. The molecule has 0 aliphatic heterocycles. The van der Waals surface area contributed by atoms with Crippen LogP contribution >= 0.6 is 11.6 Å².